The fourth-order valence-electron chi connectivity index (χ4n) is 2.22. The second-order valence-corrected chi connectivity index (χ2v) is 5.38. The van der Waals surface area contributed by atoms with E-state index < -0.39 is 6.10 Å². The summed E-state index contributed by atoms with van der Waals surface area (Å²) in [4.78, 5) is 0. The summed E-state index contributed by atoms with van der Waals surface area (Å²) in [5.41, 5.74) is 0.769. The first-order valence-corrected chi connectivity index (χ1v) is 7.15. The van der Waals surface area contributed by atoms with E-state index in [1.165, 1.54) is 5.39 Å². The monoisotopic (exact) mass is 298 g/mol. The first-order chi connectivity index (χ1) is 10.1. The van der Waals surface area contributed by atoms with Crippen molar-refractivity contribution < 1.29 is 9.84 Å². The highest BCUT2D eigenvalue weighted by Crippen LogP contribution is 2.32. The lowest BCUT2D eigenvalue weighted by atomic mass is 10.1. The molecule has 0 bridgehead atoms. The molecule has 0 aliphatic rings. The van der Waals surface area contributed by atoms with Crippen molar-refractivity contribution in [2.75, 3.05) is 0 Å². The van der Waals surface area contributed by atoms with Crippen LogP contribution in [-0.2, 0) is 0 Å². The molecule has 1 atom stereocenters. The van der Waals surface area contributed by atoms with Crippen LogP contribution in [0, 0.1) is 0 Å². The molecule has 0 saturated carbocycles. The van der Waals surface area contributed by atoms with E-state index in [1.807, 2.05) is 42.5 Å². The van der Waals surface area contributed by atoms with Crippen molar-refractivity contribution in [1.29, 1.82) is 0 Å². The van der Waals surface area contributed by atoms with Gasteiger partial charge in [-0.15, -0.1) is 0 Å². The van der Waals surface area contributed by atoms with E-state index in [0.717, 1.165) is 16.7 Å². The molecule has 0 spiro atoms. The standard InChI is InChI=1S/C18H15ClO2/c1-12(20)14-7-9-18(17(19)11-14)21-16-8-6-13-4-2-3-5-15(13)10-16/h2-12,20H,1H3/t12-/m0/s1. The molecule has 3 heteroatoms. The van der Waals surface area contributed by atoms with Crippen LogP contribution in [0.5, 0.6) is 11.5 Å². The largest absolute Gasteiger partial charge is 0.456 e. The maximum absolute atomic E-state index is 9.55. The van der Waals surface area contributed by atoms with Gasteiger partial charge in [-0.25, -0.2) is 0 Å². The number of rotatable bonds is 3. The van der Waals surface area contributed by atoms with Crippen LogP contribution < -0.4 is 4.74 Å². The van der Waals surface area contributed by atoms with Crippen LogP contribution in [0.25, 0.3) is 10.8 Å². The van der Waals surface area contributed by atoms with Crippen molar-refractivity contribution in [2.45, 2.75) is 13.0 Å². The number of fused-ring (bicyclic) bond motifs is 1. The Bertz CT molecular complexity index is 781. The number of ether oxygens (including phenoxy) is 1. The number of aliphatic hydroxyl groups is 1. The predicted octanol–water partition coefficient (Wildman–Crippen LogP) is 5.34. The van der Waals surface area contributed by atoms with Crippen molar-refractivity contribution in [3.05, 3.63) is 71.2 Å². The van der Waals surface area contributed by atoms with E-state index in [4.69, 9.17) is 16.3 Å². The Kier molecular flexibility index (Phi) is 3.82. The molecule has 0 saturated heterocycles. The van der Waals surface area contributed by atoms with Gasteiger partial charge in [0.1, 0.15) is 11.5 Å². The molecule has 3 aromatic carbocycles. The van der Waals surface area contributed by atoms with Crippen LogP contribution in [0.4, 0.5) is 0 Å². The average molecular weight is 299 g/mol. The molecule has 3 aromatic rings. The van der Waals surface area contributed by atoms with Gasteiger partial charge in [0.05, 0.1) is 11.1 Å². The summed E-state index contributed by atoms with van der Waals surface area (Å²) in [5, 5.41) is 12.3. The van der Waals surface area contributed by atoms with E-state index in [2.05, 4.69) is 6.07 Å². The van der Waals surface area contributed by atoms with Crippen LogP contribution in [-0.4, -0.2) is 5.11 Å². The smallest absolute Gasteiger partial charge is 0.146 e. The third-order valence-corrected chi connectivity index (χ3v) is 3.68. The molecule has 0 heterocycles. The maximum Gasteiger partial charge on any atom is 0.146 e. The third-order valence-electron chi connectivity index (χ3n) is 3.39. The lowest BCUT2D eigenvalue weighted by Crippen LogP contribution is -1.92. The lowest BCUT2D eigenvalue weighted by Gasteiger charge is -2.11. The third kappa shape index (κ3) is 3.02. The van der Waals surface area contributed by atoms with Gasteiger partial charge in [-0.3, -0.25) is 0 Å². The Balaban J connectivity index is 1.91. The molecule has 1 N–H and O–H groups in total. The topological polar surface area (TPSA) is 29.5 Å². The summed E-state index contributed by atoms with van der Waals surface area (Å²) >= 11 is 6.21. The van der Waals surface area contributed by atoms with Crippen LogP contribution >= 0.6 is 11.6 Å². The first kappa shape index (κ1) is 13.9. The molecule has 0 amide bonds. The molecule has 106 valence electrons. The molecule has 0 aromatic heterocycles. The van der Waals surface area contributed by atoms with E-state index >= 15 is 0 Å². The van der Waals surface area contributed by atoms with Crippen molar-refractivity contribution in [3.8, 4) is 11.5 Å². The molecular weight excluding hydrogens is 284 g/mol. The van der Waals surface area contributed by atoms with Gasteiger partial charge < -0.3 is 9.84 Å². The van der Waals surface area contributed by atoms with E-state index in [-0.39, 0.29) is 0 Å². The Hall–Kier alpha value is -2.03. The van der Waals surface area contributed by atoms with E-state index in [1.54, 1.807) is 19.1 Å². The van der Waals surface area contributed by atoms with Gasteiger partial charge in [0.2, 0.25) is 0 Å². The molecule has 0 fully saturated rings. The Labute approximate surface area is 128 Å². The van der Waals surface area contributed by atoms with Crippen molar-refractivity contribution in [2.24, 2.45) is 0 Å². The minimum absolute atomic E-state index is 0.488. The molecule has 21 heavy (non-hydrogen) atoms. The first-order valence-electron chi connectivity index (χ1n) is 6.77. The van der Waals surface area contributed by atoms with Gasteiger partial charge in [0.25, 0.3) is 0 Å². The van der Waals surface area contributed by atoms with Crippen LogP contribution in [0.3, 0.4) is 0 Å². The second-order valence-electron chi connectivity index (χ2n) is 4.98. The Morgan fingerprint density at radius 2 is 1.71 bits per heavy atom. The summed E-state index contributed by atoms with van der Waals surface area (Å²) in [6, 6.07) is 19.3. The Morgan fingerprint density at radius 1 is 0.952 bits per heavy atom. The zero-order valence-corrected chi connectivity index (χ0v) is 12.3. The number of halogens is 1. The molecule has 2 nitrogen and oxygen atoms in total. The van der Waals surface area contributed by atoms with Crippen molar-refractivity contribution >= 4 is 22.4 Å². The minimum atomic E-state index is -0.544. The van der Waals surface area contributed by atoms with Crippen LogP contribution in [0.15, 0.2) is 60.7 Å². The van der Waals surface area contributed by atoms with Gasteiger partial charge in [0.15, 0.2) is 0 Å². The highest BCUT2D eigenvalue weighted by atomic mass is 35.5. The summed E-state index contributed by atoms with van der Waals surface area (Å²) < 4.78 is 5.84. The molecule has 0 radical (unpaired) electrons. The van der Waals surface area contributed by atoms with Gasteiger partial charge >= 0.3 is 0 Å². The maximum atomic E-state index is 9.55. The fraction of sp³-hybridized carbons (Fsp3) is 0.111. The van der Waals surface area contributed by atoms with Crippen LogP contribution in [0.1, 0.15) is 18.6 Å². The quantitative estimate of drug-likeness (QED) is 0.707. The SMILES string of the molecule is C[C@H](O)c1ccc(Oc2ccc3ccccc3c2)c(Cl)c1. The summed E-state index contributed by atoms with van der Waals surface area (Å²) in [7, 11) is 0. The number of benzene rings is 3. The van der Waals surface area contributed by atoms with Crippen LogP contribution in [0.2, 0.25) is 5.02 Å². The van der Waals surface area contributed by atoms with Gasteiger partial charge in [-0.1, -0.05) is 48.0 Å². The van der Waals surface area contributed by atoms with Gasteiger partial charge in [-0.05, 0) is 47.5 Å². The molecule has 0 unspecified atom stereocenters. The molecule has 0 aliphatic heterocycles. The van der Waals surface area contributed by atoms with Crippen molar-refractivity contribution in [1.82, 2.24) is 0 Å². The second kappa shape index (κ2) is 5.76. The number of aliphatic hydroxyl groups excluding tert-OH is 1. The van der Waals surface area contributed by atoms with E-state index in [0.29, 0.717) is 10.8 Å². The average Bonchev–Trinajstić information content (AvgIpc) is 2.49. The zero-order chi connectivity index (χ0) is 14.8. The highest BCUT2D eigenvalue weighted by molar-refractivity contribution is 6.32. The Morgan fingerprint density at radius 3 is 2.43 bits per heavy atom. The fourth-order valence-corrected chi connectivity index (χ4v) is 2.45. The summed E-state index contributed by atoms with van der Waals surface area (Å²) in [6.07, 6.45) is -0.544. The molecule has 0 aliphatic carbocycles. The summed E-state index contributed by atoms with van der Waals surface area (Å²) in [5.74, 6) is 1.32. The highest BCUT2D eigenvalue weighted by Gasteiger charge is 2.08. The van der Waals surface area contributed by atoms with E-state index in [9.17, 15) is 5.11 Å². The van der Waals surface area contributed by atoms with Gasteiger partial charge in [0, 0.05) is 0 Å². The number of hydrogen-bond acceptors (Lipinski definition) is 2. The summed E-state index contributed by atoms with van der Waals surface area (Å²) in [6.45, 7) is 1.70. The molecule has 3 rings (SSSR count). The minimum Gasteiger partial charge on any atom is -0.456 e. The number of hydrogen-bond donors (Lipinski definition) is 1. The zero-order valence-electron chi connectivity index (χ0n) is 11.6. The normalized spacial score (nSPS) is 12.3. The molecular formula is C18H15ClO2. The van der Waals surface area contributed by atoms with Crippen molar-refractivity contribution in [3.63, 3.8) is 0 Å². The predicted molar refractivity (Wildman–Crippen MR) is 86.1 cm³/mol. The van der Waals surface area contributed by atoms with Gasteiger partial charge in [-0.2, -0.15) is 0 Å². The lowest BCUT2D eigenvalue weighted by molar-refractivity contribution is 0.199.